The van der Waals surface area contributed by atoms with Crippen LogP contribution in [0.15, 0.2) is 60.8 Å². The number of amides is 1. The maximum absolute atomic E-state index is 12.4. The van der Waals surface area contributed by atoms with Crippen molar-refractivity contribution in [1.29, 1.82) is 0 Å². The highest BCUT2D eigenvalue weighted by Crippen LogP contribution is 2.22. The Hall–Kier alpha value is -2.70. The van der Waals surface area contributed by atoms with Gasteiger partial charge in [0.05, 0.1) is 12.7 Å². The second kappa shape index (κ2) is 9.20. The first-order valence-electron chi connectivity index (χ1n) is 9.88. The van der Waals surface area contributed by atoms with Gasteiger partial charge in [-0.15, -0.1) is 5.10 Å². The normalized spacial score (nSPS) is 16.8. The number of nitrogens with zero attached hydrogens (tertiary/aromatic N) is 4. The Kier molecular flexibility index (Phi) is 6.22. The Balaban J connectivity index is 1.33. The second-order valence-corrected chi connectivity index (χ2v) is 7.83. The second-order valence-electron chi connectivity index (χ2n) is 7.39. The molecule has 1 aliphatic heterocycles. The molecule has 3 aromatic rings. The zero-order valence-corrected chi connectivity index (χ0v) is 16.9. The summed E-state index contributed by atoms with van der Waals surface area (Å²) in [5.74, 6) is -0.206. The molecular weight excluding hydrogens is 386 g/mol. The van der Waals surface area contributed by atoms with Crippen LogP contribution in [0.5, 0.6) is 0 Å². The minimum Gasteiger partial charge on any atom is -0.347 e. The van der Waals surface area contributed by atoms with Crippen molar-refractivity contribution in [2.45, 2.75) is 38.5 Å². The van der Waals surface area contributed by atoms with Crippen molar-refractivity contribution in [3.63, 3.8) is 0 Å². The molecule has 1 amide bonds. The van der Waals surface area contributed by atoms with Crippen molar-refractivity contribution in [2.24, 2.45) is 0 Å². The average Bonchev–Trinajstić information content (AvgIpc) is 3.37. The van der Waals surface area contributed by atoms with E-state index in [1.165, 1.54) is 5.56 Å². The molecule has 1 unspecified atom stereocenters. The monoisotopic (exact) mass is 409 g/mol. The lowest BCUT2D eigenvalue weighted by atomic mass is 10.2. The van der Waals surface area contributed by atoms with Gasteiger partial charge in [0, 0.05) is 24.2 Å². The molecular formula is C22H24ClN5O. The molecule has 0 saturated carbocycles. The van der Waals surface area contributed by atoms with Crippen LogP contribution in [0.1, 0.15) is 34.5 Å². The van der Waals surface area contributed by atoms with E-state index >= 15 is 0 Å². The van der Waals surface area contributed by atoms with Crippen molar-refractivity contribution in [3.05, 3.63) is 82.6 Å². The number of hydrogen-bond donors (Lipinski definition) is 1. The highest BCUT2D eigenvalue weighted by molar-refractivity contribution is 6.30. The summed E-state index contributed by atoms with van der Waals surface area (Å²) < 4.78 is 1.78. The van der Waals surface area contributed by atoms with E-state index in [0.717, 1.165) is 43.1 Å². The Bertz CT molecular complexity index is 959. The van der Waals surface area contributed by atoms with Gasteiger partial charge < -0.3 is 5.32 Å². The van der Waals surface area contributed by atoms with Crippen molar-refractivity contribution >= 4 is 17.5 Å². The molecule has 1 atom stereocenters. The number of hydrogen-bond acceptors (Lipinski definition) is 4. The number of aromatic nitrogens is 3. The molecule has 0 radical (unpaired) electrons. The smallest absolute Gasteiger partial charge is 0.273 e. The van der Waals surface area contributed by atoms with E-state index in [4.69, 9.17) is 11.6 Å². The lowest BCUT2D eigenvalue weighted by Gasteiger charge is -2.24. The molecule has 2 aromatic carbocycles. The summed E-state index contributed by atoms with van der Waals surface area (Å²) in [5, 5.41) is 11.9. The Labute approximate surface area is 175 Å². The molecule has 6 nitrogen and oxygen atoms in total. The molecule has 0 aliphatic carbocycles. The molecule has 150 valence electrons. The fourth-order valence-electron chi connectivity index (χ4n) is 3.76. The van der Waals surface area contributed by atoms with Crippen molar-refractivity contribution in [3.8, 4) is 0 Å². The van der Waals surface area contributed by atoms with Crippen LogP contribution in [0.25, 0.3) is 0 Å². The molecule has 29 heavy (non-hydrogen) atoms. The van der Waals surface area contributed by atoms with E-state index in [2.05, 4.69) is 26.6 Å². The molecule has 7 heteroatoms. The van der Waals surface area contributed by atoms with Gasteiger partial charge in [0.1, 0.15) is 0 Å². The average molecular weight is 410 g/mol. The molecule has 0 bridgehead atoms. The van der Waals surface area contributed by atoms with E-state index in [-0.39, 0.29) is 5.91 Å². The predicted molar refractivity (Wildman–Crippen MR) is 113 cm³/mol. The standard InChI is InChI=1S/C22H24ClN5O/c23-19-9-4-8-18(12-19)14-27-11-5-10-20(27)15-28-16-21(25-26-28)22(29)24-13-17-6-2-1-3-7-17/h1-4,6-9,12,16,20H,5,10-11,13-15H2,(H,24,29). The minimum atomic E-state index is -0.206. The number of halogens is 1. The third kappa shape index (κ3) is 5.22. The van der Waals surface area contributed by atoms with E-state index in [1.807, 2.05) is 48.5 Å². The first kappa shape index (κ1) is 19.6. The predicted octanol–water partition coefficient (Wildman–Crippen LogP) is 3.53. The molecule has 0 spiro atoms. The summed E-state index contributed by atoms with van der Waals surface area (Å²) in [5.41, 5.74) is 2.61. The van der Waals surface area contributed by atoms with Gasteiger partial charge in [0.2, 0.25) is 0 Å². The van der Waals surface area contributed by atoms with Crippen LogP contribution in [0.4, 0.5) is 0 Å². The van der Waals surface area contributed by atoms with Crippen LogP contribution < -0.4 is 5.32 Å². The molecule has 1 aromatic heterocycles. The van der Waals surface area contributed by atoms with Gasteiger partial charge in [-0.3, -0.25) is 14.4 Å². The van der Waals surface area contributed by atoms with Crippen molar-refractivity contribution in [1.82, 2.24) is 25.2 Å². The van der Waals surface area contributed by atoms with Crippen LogP contribution >= 0.6 is 11.6 Å². The topological polar surface area (TPSA) is 63.1 Å². The molecule has 4 rings (SSSR count). The number of carbonyl (C=O) groups excluding carboxylic acids is 1. The number of carbonyl (C=O) groups is 1. The van der Waals surface area contributed by atoms with Gasteiger partial charge in [-0.1, -0.05) is 59.3 Å². The molecule has 1 fully saturated rings. The van der Waals surface area contributed by atoms with Crippen LogP contribution in [-0.2, 0) is 19.6 Å². The summed E-state index contributed by atoms with van der Waals surface area (Å²) in [6, 6.07) is 18.2. The van der Waals surface area contributed by atoms with Crippen LogP contribution in [-0.4, -0.2) is 38.4 Å². The van der Waals surface area contributed by atoms with E-state index in [0.29, 0.717) is 18.3 Å². The summed E-state index contributed by atoms with van der Waals surface area (Å²) in [6.45, 7) is 3.11. The zero-order valence-electron chi connectivity index (χ0n) is 16.2. The van der Waals surface area contributed by atoms with Crippen LogP contribution in [0.2, 0.25) is 5.02 Å². The maximum atomic E-state index is 12.4. The Morgan fingerprint density at radius 3 is 2.79 bits per heavy atom. The van der Waals surface area contributed by atoms with E-state index in [1.54, 1.807) is 10.9 Å². The SMILES string of the molecule is O=C(NCc1ccccc1)c1cn(CC2CCCN2Cc2cccc(Cl)c2)nn1. The van der Waals surface area contributed by atoms with Gasteiger partial charge >= 0.3 is 0 Å². The van der Waals surface area contributed by atoms with Gasteiger partial charge in [-0.05, 0) is 42.6 Å². The van der Waals surface area contributed by atoms with Crippen molar-refractivity contribution < 1.29 is 4.79 Å². The largest absolute Gasteiger partial charge is 0.347 e. The Morgan fingerprint density at radius 1 is 1.14 bits per heavy atom. The summed E-state index contributed by atoms with van der Waals surface area (Å²) in [6.07, 6.45) is 4.00. The van der Waals surface area contributed by atoms with Crippen LogP contribution in [0, 0.1) is 0 Å². The molecule has 1 N–H and O–H groups in total. The fraction of sp³-hybridized carbons (Fsp3) is 0.318. The summed E-state index contributed by atoms with van der Waals surface area (Å²) >= 11 is 6.11. The molecule has 1 saturated heterocycles. The molecule has 2 heterocycles. The zero-order chi connectivity index (χ0) is 20.1. The number of likely N-dealkylation sites (tertiary alicyclic amines) is 1. The van der Waals surface area contributed by atoms with Gasteiger partial charge in [0.15, 0.2) is 5.69 Å². The quantitative estimate of drug-likeness (QED) is 0.648. The van der Waals surface area contributed by atoms with Crippen molar-refractivity contribution in [2.75, 3.05) is 6.54 Å². The highest BCUT2D eigenvalue weighted by Gasteiger charge is 2.25. The number of benzene rings is 2. The first-order valence-corrected chi connectivity index (χ1v) is 10.3. The first-order chi connectivity index (χ1) is 14.2. The van der Waals surface area contributed by atoms with Gasteiger partial charge in [0.25, 0.3) is 5.91 Å². The highest BCUT2D eigenvalue weighted by atomic mass is 35.5. The number of nitrogens with one attached hydrogen (secondary N) is 1. The van der Waals surface area contributed by atoms with Crippen LogP contribution in [0.3, 0.4) is 0 Å². The van der Waals surface area contributed by atoms with Gasteiger partial charge in [-0.2, -0.15) is 0 Å². The summed E-state index contributed by atoms with van der Waals surface area (Å²) in [4.78, 5) is 14.8. The fourth-order valence-corrected chi connectivity index (χ4v) is 3.97. The number of rotatable bonds is 7. The third-order valence-electron chi connectivity index (χ3n) is 5.24. The molecule has 1 aliphatic rings. The Morgan fingerprint density at radius 2 is 1.97 bits per heavy atom. The van der Waals surface area contributed by atoms with Gasteiger partial charge in [-0.25, -0.2) is 0 Å². The maximum Gasteiger partial charge on any atom is 0.273 e. The lowest BCUT2D eigenvalue weighted by molar-refractivity contribution is 0.0946. The van der Waals surface area contributed by atoms with E-state index in [9.17, 15) is 4.79 Å². The summed E-state index contributed by atoms with van der Waals surface area (Å²) in [7, 11) is 0. The lowest BCUT2D eigenvalue weighted by Crippen LogP contribution is -2.32. The minimum absolute atomic E-state index is 0.206. The third-order valence-corrected chi connectivity index (χ3v) is 5.47. The van der Waals surface area contributed by atoms with E-state index < -0.39 is 0 Å².